The second-order valence-electron chi connectivity index (χ2n) is 3.51. The van der Waals surface area contributed by atoms with E-state index >= 15 is 0 Å². The Hall–Kier alpha value is -1.66. The van der Waals surface area contributed by atoms with Crippen molar-refractivity contribution in [1.29, 1.82) is 0 Å². The molecule has 3 nitrogen and oxygen atoms in total. The van der Waals surface area contributed by atoms with Crippen molar-refractivity contribution in [3.05, 3.63) is 23.8 Å². The molecule has 0 fully saturated rings. The molecular weight excluding hydrogens is 202 g/mol. The zero-order valence-electron chi connectivity index (χ0n) is 9.38. The number of benzene rings is 1. The molecule has 84 valence electrons. The highest BCUT2D eigenvalue weighted by molar-refractivity contribution is 5.43. The lowest BCUT2D eigenvalue weighted by molar-refractivity contribution is 0.171. The van der Waals surface area contributed by atoms with Crippen molar-refractivity contribution in [3.63, 3.8) is 0 Å². The van der Waals surface area contributed by atoms with E-state index in [-0.39, 0.29) is 0 Å². The van der Waals surface area contributed by atoms with Gasteiger partial charge in [-0.2, -0.15) is 0 Å². The van der Waals surface area contributed by atoms with Gasteiger partial charge in [0.25, 0.3) is 0 Å². The van der Waals surface area contributed by atoms with Crippen molar-refractivity contribution >= 4 is 0 Å². The van der Waals surface area contributed by atoms with Crippen LogP contribution in [0.3, 0.4) is 0 Å². The lowest BCUT2D eigenvalue weighted by Gasteiger charge is -2.18. The highest BCUT2D eigenvalue weighted by atomic mass is 16.6. The molecule has 0 saturated carbocycles. The van der Waals surface area contributed by atoms with Crippen molar-refractivity contribution in [2.24, 2.45) is 0 Å². The summed E-state index contributed by atoms with van der Waals surface area (Å²) in [6.07, 6.45) is 0. The summed E-state index contributed by atoms with van der Waals surface area (Å²) in [5, 5.41) is 3.24. The van der Waals surface area contributed by atoms with E-state index in [2.05, 4.69) is 17.2 Å². The normalized spacial score (nSPS) is 12.8. The lowest BCUT2D eigenvalue weighted by atomic mass is 10.2. The summed E-state index contributed by atoms with van der Waals surface area (Å²) in [5.74, 6) is 7.49. The van der Waals surface area contributed by atoms with Gasteiger partial charge in [0.1, 0.15) is 13.2 Å². The first-order valence-corrected chi connectivity index (χ1v) is 5.39. The number of fused-ring (bicyclic) bond motifs is 1. The van der Waals surface area contributed by atoms with Crippen molar-refractivity contribution in [2.75, 3.05) is 19.8 Å². The van der Waals surface area contributed by atoms with Gasteiger partial charge in [-0.25, -0.2) is 0 Å². The fourth-order valence-corrected chi connectivity index (χ4v) is 1.56. The summed E-state index contributed by atoms with van der Waals surface area (Å²) in [4.78, 5) is 0. The van der Waals surface area contributed by atoms with E-state index in [1.807, 2.05) is 25.1 Å². The number of nitrogens with one attached hydrogen (secondary N) is 1. The predicted octanol–water partition coefficient (Wildman–Crippen LogP) is 1.57. The van der Waals surface area contributed by atoms with Crippen LogP contribution in [0.4, 0.5) is 0 Å². The Kier molecular flexibility index (Phi) is 3.68. The van der Waals surface area contributed by atoms with Gasteiger partial charge in [-0.05, 0) is 24.6 Å². The maximum atomic E-state index is 5.51. The number of hydrogen-bond acceptors (Lipinski definition) is 3. The van der Waals surface area contributed by atoms with Crippen LogP contribution >= 0.6 is 0 Å². The summed E-state index contributed by atoms with van der Waals surface area (Å²) >= 11 is 0. The average Bonchev–Trinajstić information content (AvgIpc) is 2.34. The molecule has 2 rings (SSSR count). The highest BCUT2D eigenvalue weighted by Gasteiger charge is 2.10. The molecule has 0 aliphatic carbocycles. The van der Waals surface area contributed by atoms with E-state index in [4.69, 9.17) is 9.47 Å². The maximum Gasteiger partial charge on any atom is 0.161 e. The minimum absolute atomic E-state index is 0.630. The fraction of sp³-hybridized carbons (Fsp3) is 0.385. The van der Waals surface area contributed by atoms with Gasteiger partial charge in [-0.3, -0.25) is 0 Å². The van der Waals surface area contributed by atoms with Crippen molar-refractivity contribution in [2.45, 2.75) is 13.5 Å². The molecule has 1 N–H and O–H groups in total. The van der Waals surface area contributed by atoms with Crippen LogP contribution in [0.1, 0.15) is 12.5 Å². The highest BCUT2D eigenvalue weighted by Crippen LogP contribution is 2.30. The minimum atomic E-state index is 0.630. The average molecular weight is 217 g/mol. The Morgan fingerprint density at radius 3 is 2.88 bits per heavy atom. The Morgan fingerprint density at radius 2 is 2.06 bits per heavy atom. The van der Waals surface area contributed by atoms with Crippen LogP contribution in [0.15, 0.2) is 18.2 Å². The molecule has 1 heterocycles. The minimum Gasteiger partial charge on any atom is -0.486 e. The lowest BCUT2D eigenvalue weighted by Crippen LogP contribution is -2.17. The molecule has 1 aliphatic heterocycles. The first kappa shape index (κ1) is 10.8. The molecule has 16 heavy (non-hydrogen) atoms. The number of rotatable bonds is 3. The topological polar surface area (TPSA) is 30.5 Å². The zero-order chi connectivity index (χ0) is 11.2. The van der Waals surface area contributed by atoms with Gasteiger partial charge in [0.05, 0.1) is 6.54 Å². The molecule has 0 radical (unpaired) electrons. The van der Waals surface area contributed by atoms with E-state index in [1.54, 1.807) is 0 Å². The molecule has 3 heteroatoms. The summed E-state index contributed by atoms with van der Waals surface area (Å²) < 4.78 is 11.0. The predicted molar refractivity (Wildman–Crippen MR) is 62.6 cm³/mol. The van der Waals surface area contributed by atoms with Crippen LogP contribution in [0, 0.1) is 11.8 Å². The second-order valence-corrected chi connectivity index (χ2v) is 3.51. The molecule has 1 aromatic carbocycles. The molecule has 0 saturated heterocycles. The van der Waals surface area contributed by atoms with Gasteiger partial charge in [0.15, 0.2) is 11.5 Å². The van der Waals surface area contributed by atoms with Crippen LogP contribution in [0.2, 0.25) is 0 Å². The molecule has 1 aromatic rings. The van der Waals surface area contributed by atoms with Crippen LogP contribution in [-0.2, 0) is 6.54 Å². The van der Waals surface area contributed by atoms with Crippen LogP contribution in [-0.4, -0.2) is 19.8 Å². The molecular formula is C13H15NO2. The van der Waals surface area contributed by atoms with E-state index < -0.39 is 0 Å². The fourth-order valence-electron chi connectivity index (χ4n) is 1.56. The maximum absolute atomic E-state index is 5.51. The number of hydrogen-bond donors (Lipinski definition) is 1. The standard InChI is InChI=1S/C13H15NO2/c1-2-3-6-14-10-11-4-5-12-13(9-11)16-8-7-15-12/h4-5,9,14H,6-8,10H2,1H3. The Balaban J connectivity index is 1.96. The van der Waals surface area contributed by atoms with E-state index in [1.165, 1.54) is 5.56 Å². The van der Waals surface area contributed by atoms with Crippen LogP contribution in [0.25, 0.3) is 0 Å². The first-order valence-electron chi connectivity index (χ1n) is 5.39. The van der Waals surface area contributed by atoms with Gasteiger partial charge in [0, 0.05) is 6.54 Å². The smallest absolute Gasteiger partial charge is 0.161 e. The summed E-state index contributed by atoms with van der Waals surface area (Å²) in [5.41, 5.74) is 1.18. The van der Waals surface area contributed by atoms with Crippen molar-refractivity contribution in [3.8, 4) is 23.3 Å². The second kappa shape index (κ2) is 5.43. The van der Waals surface area contributed by atoms with Gasteiger partial charge < -0.3 is 14.8 Å². The zero-order valence-corrected chi connectivity index (χ0v) is 9.38. The van der Waals surface area contributed by atoms with Crippen molar-refractivity contribution < 1.29 is 9.47 Å². The first-order chi connectivity index (χ1) is 7.90. The molecule has 0 bridgehead atoms. The van der Waals surface area contributed by atoms with Crippen LogP contribution < -0.4 is 14.8 Å². The van der Waals surface area contributed by atoms with Gasteiger partial charge in [0.2, 0.25) is 0 Å². The van der Waals surface area contributed by atoms with Gasteiger partial charge in [-0.15, -0.1) is 5.92 Å². The molecule has 0 spiro atoms. The van der Waals surface area contributed by atoms with E-state index in [0.717, 1.165) is 18.0 Å². The van der Waals surface area contributed by atoms with Gasteiger partial charge >= 0.3 is 0 Å². The molecule has 0 atom stereocenters. The van der Waals surface area contributed by atoms with E-state index in [9.17, 15) is 0 Å². The Labute approximate surface area is 95.8 Å². The molecule has 0 aromatic heterocycles. The quantitative estimate of drug-likeness (QED) is 0.616. The molecule has 0 unspecified atom stereocenters. The number of ether oxygens (including phenoxy) is 2. The molecule has 1 aliphatic rings. The van der Waals surface area contributed by atoms with Gasteiger partial charge in [-0.1, -0.05) is 12.0 Å². The monoisotopic (exact) mass is 217 g/mol. The summed E-state index contributed by atoms with van der Waals surface area (Å²) in [6, 6.07) is 6.01. The summed E-state index contributed by atoms with van der Waals surface area (Å²) in [6.45, 7) is 4.61. The third-order valence-electron chi connectivity index (χ3n) is 2.33. The summed E-state index contributed by atoms with van der Waals surface area (Å²) in [7, 11) is 0. The largest absolute Gasteiger partial charge is 0.486 e. The Bertz CT molecular complexity index is 418. The van der Waals surface area contributed by atoms with Crippen LogP contribution in [0.5, 0.6) is 11.5 Å². The third-order valence-corrected chi connectivity index (χ3v) is 2.33. The molecule has 0 amide bonds. The third kappa shape index (κ3) is 2.68. The SMILES string of the molecule is CC#CCNCc1ccc2c(c1)OCCO2. The van der Waals surface area contributed by atoms with Crippen molar-refractivity contribution in [1.82, 2.24) is 5.32 Å². The van der Waals surface area contributed by atoms with E-state index in [0.29, 0.717) is 19.8 Å². The Morgan fingerprint density at radius 1 is 1.25 bits per heavy atom.